The number of carbonyl (C=O) groups is 1. The Morgan fingerprint density at radius 3 is 2.43 bits per heavy atom. The first-order chi connectivity index (χ1) is 6.65. The van der Waals surface area contributed by atoms with Crippen molar-refractivity contribution in [2.75, 3.05) is 5.88 Å². The highest BCUT2D eigenvalue weighted by molar-refractivity contribution is 6.30. The Morgan fingerprint density at radius 1 is 1.36 bits per heavy atom. The summed E-state index contributed by atoms with van der Waals surface area (Å²) in [5.74, 6) is -0.400. The predicted octanol–water partition coefficient (Wildman–Crippen LogP) is 3.49. The lowest BCUT2D eigenvalue weighted by Gasteiger charge is -2.04. The number of benzene rings is 1. The van der Waals surface area contributed by atoms with Crippen LogP contribution < -0.4 is 0 Å². The molecule has 1 atom stereocenters. The summed E-state index contributed by atoms with van der Waals surface area (Å²) in [6.45, 7) is 0. The van der Waals surface area contributed by atoms with Gasteiger partial charge in [0.15, 0.2) is 12.0 Å². The van der Waals surface area contributed by atoms with E-state index in [2.05, 4.69) is 0 Å². The van der Waals surface area contributed by atoms with Gasteiger partial charge in [0.2, 0.25) is 0 Å². The van der Waals surface area contributed by atoms with Gasteiger partial charge in [0.05, 0.1) is 0 Å². The minimum absolute atomic E-state index is 0.0447. The molecule has 0 amide bonds. The number of hydrogen-bond acceptors (Lipinski definition) is 1. The van der Waals surface area contributed by atoms with Crippen molar-refractivity contribution in [1.82, 2.24) is 0 Å². The Morgan fingerprint density at radius 2 is 1.93 bits per heavy atom. The molecule has 4 heteroatoms. The summed E-state index contributed by atoms with van der Waals surface area (Å²) in [5.41, 5.74) is 0.326. The molecule has 0 aliphatic heterocycles. The zero-order valence-corrected chi connectivity index (χ0v) is 8.85. The smallest absolute Gasteiger partial charge is 0.196 e. The molecule has 0 aliphatic carbocycles. The van der Waals surface area contributed by atoms with Gasteiger partial charge in [-0.2, -0.15) is 0 Å². The van der Waals surface area contributed by atoms with E-state index in [0.29, 0.717) is 10.6 Å². The van der Waals surface area contributed by atoms with Gasteiger partial charge in [-0.1, -0.05) is 11.6 Å². The van der Waals surface area contributed by atoms with Gasteiger partial charge in [-0.05, 0) is 30.7 Å². The lowest BCUT2D eigenvalue weighted by Crippen LogP contribution is -2.16. The second-order valence-corrected chi connectivity index (χ2v) is 3.63. The Hall–Kier alpha value is -0.600. The Balaban J connectivity index is 2.74. The zero-order valence-electron chi connectivity index (χ0n) is 7.34. The zero-order chi connectivity index (χ0) is 10.6. The molecule has 0 saturated heterocycles. The summed E-state index contributed by atoms with van der Waals surface area (Å²) in [6, 6.07) is 6.13. The molecular formula is C10H9Cl2FO. The Bertz CT molecular complexity index is 310. The summed E-state index contributed by atoms with van der Waals surface area (Å²) in [4.78, 5) is 11.4. The molecule has 0 aromatic heterocycles. The van der Waals surface area contributed by atoms with E-state index in [9.17, 15) is 9.18 Å². The first-order valence-electron chi connectivity index (χ1n) is 4.15. The summed E-state index contributed by atoms with van der Waals surface area (Å²) in [5, 5.41) is 0.523. The minimum Gasteiger partial charge on any atom is -0.291 e. The average molecular weight is 235 g/mol. The van der Waals surface area contributed by atoms with Crippen LogP contribution in [0.4, 0.5) is 4.39 Å². The topological polar surface area (TPSA) is 17.1 Å². The van der Waals surface area contributed by atoms with Gasteiger partial charge in [-0.25, -0.2) is 4.39 Å². The highest BCUT2D eigenvalue weighted by Gasteiger charge is 2.17. The van der Waals surface area contributed by atoms with Gasteiger partial charge in [-0.3, -0.25) is 4.79 Å². The third-order valence-electron chi connectivity index (χ3n) is 1.78. The third kappa shape index (κ3) is 2.96. The molecule has 0 heterocycles. The van der Waals surface area contributed by atoms with Crippen LogP contribution >= 0.6 is 23.2 Å². The second kappa shape index (κ2) is 5.32. The van der Waals surface area contributed by atoms with Crippen molar-refractivity contribution in [3.63, 3.8) is 0 Å². The quantitative estimate of drug-likeness (QED) is 0.576. The fourth-order valence-electron chi connectivity index (χ4n) is 1.02. The van der Waals surface area contributed by atoms with Gasteiger partial charge in [0, 0.05) is 16.5 Å². The van der Waals surface area contributed by atoms with Crippen molar-refractivity contribution >= 4 is 29.0 Å². The number of carbonyl (C=O) groups excluding carboxylic acids is 1. The molecule has 1 rings (SSSR count). The van der Waals surface area contributed by atoms with Crippen LogP contribution in [0.15, 0.2) is 24.3 Å². The molecule has 1 nitrogen and oxygen atoms in total. The van der Waals surface area contributed by atoms with Gasteiger partial charge in [0.25, 0.3) is 0 Å². The van der Waals surface area contributed by atoms with Gasteiger partial charge in [-0.15, -0.1) is 11.6 Å². The lowest BCUT2D eigenvalue weighted by molar-refractivity contribution is 0.0874. The highest BCUT2D eigenvalue weighted by atomic mass is 35.5. The van der Waals surface area contributed by atoms with Crippen LogP contribution in [0.1, 0.15) is 16.8 Å². The van der Waals surface area contributed by atoms with E-state index in [0.717, 1.165) is 0 Å². The molecule has 76 valence electrons. The Labute approximate surface area is 91.8 Å². The molecule has 0 bridgehead atoms. The van der Waals surface area contributed by atoms with E-state index >= 15 is 0 Å². The van der Waals surface area contributed by atoms with Crippen LogP contribution in [0, 0.1) is 0 Å². The first-order valence-corrected chi connectivity index (χ1v) is 5.06. The standard InChI is InChI=1S/C10H9Cl2FO/c11-6-5-9(13)10(14)7-1-3-8(12)4-2-7/h1-4,9H,5-6H2. The van der Waals surface area contributed by atoms with E-state index < -0.39 is 12.0 Å². The molecular weight excluding hydrogens is 226 g/mol. The molecule has 0 fully saturated rings. The van der Waals surface area contributed by atoms with Crippen molar-refractivity contribution < 1.29 is 9.18 Å². The number of rotatable bonds is 4. The van der Waals surface area contributed by atoms with Gasteiger partial charge < -0.3 is 0 Å². The van der Waals surface area contributed by atoms with Crippen LogP contribution in [0.3, 0.4) is 0 Å². The normalized spacial score (nSPS) is 12.5. The maximum absolute atomic E-state index is 13.1. The van der Waals surface area contributed by atoms with Gasteiger partial charge in [0.1, 0.15) is 0 Å². The molecule has 0 radical (unpaired) electrons. The first kappa shape index (κ1) is 11.5. The molecule has 14 heavy (non-hydrogen) atoms. The van der Waals surface area contributed by atoms with Crippen molar-refractivity contribution in [2.24, 2.45) is 0 Å². The monoisotopic (exact) mass is 234 g/mol. The minimum atomic E-state index is -1.52. The highest BCUT2D eigenvalue weighted by Crippen LogP contribution is 2.13. The lowest BCUT2D eigenvalue weighted by atomic mass is 10.1. The summed E-state index contributed by atoms with van der Waals surface area (Å²) in [6.07, 6.45) is -1.48. The maximum atomic E-state index is 13.1. The van der Waals surface area contributed by atoms with E-state index in [1.54, 1.807) is 12.1 Å². The molecule has 1 unspecified atom stereocenters. The van der Waals surface area contributed by atoms with E-state index in [4.69, 9.17) is 23.2 Å². The number of ketones is 1. The maximum Gasteiger partial charge on any atom is 0.196 e. The van der Waals surface area contributed by atoms with Crippen molar-refractivity contribution in [1.29, 1.82) is 0 Å². The van der Waals surface area contributed by atoms with Crippen molar-refractivity contribution in [2.45, 2.75) is 12.6 Å². The van der Waals surface area contributed by atoms with Crippen LogP contribution in [-0.4, -0.2) is 17.8 Å². The Kier molecular flexibility index (Phi) is 4.36. The summed E-state index contributed by atoms with van der Waals surface area (Å²) < 4.78 is 13.1. The number of hydrogen-bond donors (Lipinski definition) is 0. The van der Waals surface area contributed by atoms with Gasteiger partial charge >= 0.3 is 0 Å². The number of alkyl halides is 2. The fraction of sp³-hybridized carbons (Fsp3) is 0.300. The number of halogens is 3. The molecule has 0 spiro atoms. The van der Waals surface area contributed by atoms with Crippen LogP contribution in [0.25, 0.3) is 0 Å². The summed E-state index contributed by atoms with van der Waals surface area (Å²) in [7, 11) is 0. The van der Waals surface area contributed by atoms with E-state index in [1.807, 2.05) is 0 Å². The molecule has 0 N–H and O–H groups in total. The van der Waals surface area contributed by atoms with Crippen molar-refractivity contribution in [3.8, 4) is 0 Å². The largest absolute Gasteiger partial charge is 0.291 e. The van der Waals surface area contributed by atoms with Crippen LogP contribution in [0.5, 0.6) is 0 Å². The van der Waals surface area contributed by atoms with Crippen molar-refractivity contribution in [3.05, 3.63) is 34.9 Å². The molecule has 0 saturated carbocycles. The third-order valence-corrected chi connectivity index (χ3v) is 2.25. The van der Waals surface area contributed by atoms with E-state index in [-0.39, 0.29) is 12.3 Å². The molecule has 1 aromatic rings. The number of Topliss-reactive ketones (excluding diaryl/α,β-unsaturated/α-hetero) is 1. The average Bonchev–Trinajstić information content (AvgIpc) is 2.18. The fourth-order valence-corrected chi connectivity index (χ4v) is 1.34. The van der Waals surface area contributed by atoms with Crippen LogP contribution in [-0.2, 0) is 0 Å². The predicted molar refractivity (Wildman–Crippen MR) is 56.0 cm³/mol. The summed E-state index contributed by atoms with van der Waals surface area (Å²) >= 11 is 11.0. The molecule has 0 aliphatic rings. The van der Waals surface area contributed by atoms with Crippen LogP contribution in [0.2, 0.25) is 5.02 Å². The molecule has 1 aromatic carbocycles. The second-order valence-electron chi connectivity index (χ2n) is 2.82. The van der Waals surface area contributed by atoms with E-state index in [1.165, 1.54) is 12.1 Å². The SMILES string of the molecule is O=C(c1ccc(Cl)cc1)C(F)CCCl.